The molecular formula is C20H24N6O5. The van der Waals surface area contributed by atoms with E-state index < -0.39 is 30.6 Å². The van der Waals surface area contributed by atoms with Crippen LogP contribution in [0.1, 0.15) is 45.9 Å². The zero-order valence-electron chi connectivity index (χ0n) is 17.2. The van der Waals surface area contributed by atoms with Crippen molar-refractivity contribution >= 4 is 28.8 Å². The summed E-state index contributed by atoms with van der Waals surface area (Å²) in [5.41, 5.74) is 7.75. The van der Waals surface area contributed by atoms with Gasteiger partial charge in [0, 0.05) is 12.1 Å². The Kier molecular flexibility index (Phi) is 5.38. The van der Waals surface area contributed by atoms with E-state index in [0.29, 0.717) is 34.7 Å². The monoisotopic (exact) mass is 428 g/mol. The molecule has 5 N–H and O–H groups in total. The van der Waals surface area contributed by atoms with Gasteiger partial charge in [-0.05, 0) is 38.5 Å². The molecule has 0 spiro atoms. The Morgan fingerprint density at radius 2 is 2.16 bits per heavy atom. The van der Waals surface area contributed by atoms with Crippen LogP contribution in [-0.2, 0) is 6.54 Å². The predicted octanol–water partition coefficient (Wildman–Crippen LogP) is 0.589. The maximum Gasteiger partial charge on any atom is 0.276 e. The van der Waals surface area contributed by atoms with Crippen molar-refractivity contribution < 1.29 is 24.5 Å². The molecule has 2 amide bonds. The standard InChI is InChI=1S/C20H24N6O5/c1-3-25-15(4-10(2)24-25)19(30)23-20-22-14-5-11(18(21)29)6-16-17(14)26(20)12(9-31-16)7-13(28)8-27/h4-6,12-13,27-28H,3,7-9H2,1-2H3,(H2,21,29)(H,22,23,30)/t12-,13?/m0/s1. The van der Waals surface area contributed by atoms with Crippen molar-refractivity contribution in [1.82, 2.24) is 19.3 Å². The van der Waals surface area contributed by atoms with Gasteiger partial charge in [-0.25, -0.2) is 4.98 Å². The number of primary amides is 1. The molecule has 1 aliphatic heterocycles. The molecule has 2 aromatic heterocycles. The molecule has 0 saturated heterocycles. The SMILES string of the molecule is CCn1nc(C)cc1C(=O)Nc1nc2cc(C(N)=O)cc3c2n1[C@@H](CC(O)CO)CO3. The largest absolute Gasteiger partial charge is 0.489 e. The summed E-state index contributed by atoms with van der Waals surface area (Å²) < 4.78 is 9.15. The van der Waals surface area contributed by atoms with Crippen LogP contribution in [0.5, 0.6) is 5.75 Å². The van der Waals surface area contributed by atoms with Crippen molar-refractivity contribution in [3.63, 3.8) is 0 Å². The van der Waals surface area contributed by atoms with E-state index in [0.717, 1.165) is 0 Å². The third-order valence-electron chi connectivity index (χ3n) is 5.25. The van der Waals surface area contributed by atoms with E-state index in [1.54, 1.807) is 22.2 Å². The van der Waals surface area contributed by atoms with Crippen LogP contribution < -0.4 is 15.8 Å². The average Bonchev–Trinajstić information content (AvgIpc) is 3.30. The maximum absolute atomic E-state index is 13.0. The van der Waals surface area contributed by atoms with Gasteiger partial charge in [-0.1, -0.05) is 0 Å². The van der Waals surface area contributed by atoms with Crippen LogP contribution in [0.25, 0.3) is 11.0 Å². The second-order valence-corrected chi connectivity index (χ2v) is 7.49. The van der Waals surface area contributed by atoms with Crippen molar-refractivity contribution in [3.8, 4) is 5.75 Å². The minimum Gasteiger partial charge on any atom is -0.489 e. The molecule has 0 fully saturated rings. The Labute approximate surface area is 177 Å². The van der Waals surface area contributed by atoms with Gasteiger partial charge >= 0.3 is 0 Å². The first-order valence-corrected chi connectivity index (χ1v) is 9.95. The van der Waals surface area contributed by atoms with Crippen molar-refractivity contribution in [3.05, 3.63) is 35.2 Å². The molecule has 1 unspecified atom stereocenters. The normalized spacial score (nSPS) is 16.2. The van der Waals surface area contributed by atoms with Gasteiger partial charge in [0.1, 0.15) is 23.6 Å². The number of hydrogen-bond acceptors (Lipinski definition) is 7. The van der Waals surface area contributed by atoms with Gasteiger partial charge in [0.25, 0.3) is 5.91 Å². The van der Waals surface area contributed by atoms with Gasteiger partial charge in [-0.15, -0.1) is 0 Å². The molecule has 0 bridgehead atoms. The lowest BCUT2D eigenvalue weighted by atomic mass is 10.1. The number of nitrogens with one attached hydrogen (secondary N) is 1. The lowest BCUT2D eigenvalue weighted by Gasteiger charge is -2.28. The summed E-state index contributed by atoms with van der Waals surface area (Å²) in [6.45, 7) is 3.97. The van der Waals surface area contributed by atoms with E-state index in [9.17, 15) is 19.8 Å². The van der Waals surface area contributed by atoms with Gasteiger partial charge in [0.05, 0.1) is 30.0 Å². The summed E-state index contributed by atoms with van der Waals surface area (Å²) in [5, 5.41) is 26.4. The first-order valence-electron chi connectivity index (χ1n) is 9.95. The van der Waals surface area contributed by atoms with E-state index in [2.05, 4.69) is 15.4 Å². The van der Waals surface area contributed by atoms with Gasteiger partial charge in [-0.3, -0.25) is 19.6 Å². The topological polar surface area (TPSA) is 158 Å². The zero-order valence-corrected chi connectivity index (χ0v) is 17.2. The zero-order chi connectivity index (χ0) is 22.3. The average molecular weight is 428 g/mol. The van der Waals surface area contributed by atoms with Crippen LogP contribution >= 0.6 is 0 Å². The summed E-state index contributed by atoms with van der Waals surface area (Å²) in [4.78, 5) is 29.2. The van der Waals surface area contributed by atoms with E-state index in [-0.39, 0.29) is 24.5 Å². The van der Waals surface area contributed by atoms with Crippen molar-refractivity contribution in [2.24, 2.45) is 5.73 Å². The number of carbonyl (C=O) groups excluding carboxylic acids is 2. The molecule has 11 heteroatoms. The first-order chi connectivity index (χ1) is 14.8. The molecular weight excluding hydrogens is 404 g/mol. The Morgan fingerprint density at radius 1 is 1.39 bits per heavy atom. The highest BCUT2D eigenvalue weighted by atomic mass is 16.5. The highest BCUT2D eigenvalue weighted by Gasteiger charge is 2.30. The molecule has 2 atom stereocenters. The summed E-state index contributed by atoms with van der Waals surface area (Å²) in [6, 6.07) is 4.35. The van der Waals surface area contributed by atoms with Gasteiger partial charge < -0.3 is 25.3 Å². The van der Waals surface area contributed by atoms with Gasteiger partial charge in [0.2, 0.25) is 11.9 Å². The number of benzene rings is 1. The predicted molar refractivity (Wildman–Crippen MR) is 111 cm³/mol. The number of aliphatic hydroxyl groups excluding tert-OH is 2. The fraction of sp³-hybridized carbons (Fsp3) is 0.400. The second kappa shape index (κ2) is 8.00. The molecule has 4 rings (SSSR count). The van der Waals surface area contributed by atoms with Gasteiger partial charge in [-0.2, -0.15) is 5.10 Å². The number of ether oxygens (including phenoxy) is 1. The molecule has 31 heavy (non-hydrogen) atoms. The molecule has 3 heterocycles. The number of aromatic nitrogens is 4. The number of anilines is 1. The fourth-order valence-electron chi connectivity index (χ4n) is 3.85. The maximum atomic E-state index is 13.0. The minimum absolute atomic E-state index is 0.159. The van der Waals surface area contributed by atoms with Crippen LogP contribution in [0.15, 0.2) is 18.2 Å². The number of imidazole rings is 1. The van der Waals surface area contributed by atoms with E-state index in [4.69, 9.17) is 10.5 Å². The molecule has 1 aromatic carbocycles. The number of aryl methyl sites for hydroxylation is 2. The van der Waals surface area contributed by atoms with Crippen molar-refractivity contribution in [2.45, 2.75) is 39.0 Å². The lowest BCUT2D eigenvalue weighted by molar-refractivity contribution is 0.0660. The molecule has 164 valence electrons. The molecule has 3 aromatic rings. The highest BCUT2D eigenvalue weighted by molar-refractivity contribution is 6.04. The number of carbonyl (C=O) groups is 2. The number of nitrogens with zero attached hydrogens (tertiary/aromatic N) is 4. The number of amides is 2. The lowest BCUT2D eigenvalue weighted by Crippen LogP contribution is -2.29. The smallest absolute Gasteiger partial charge is 0.276 e. The third kappa shape index (κ3) is 3.73. The Hall–Kier alpha value is -3.44. The van der Waals surface area contributed by atoms with Crippen LogP contribution in [0.3, 0.4) is 0 Å². The fourth-order valence-corrected chi connectivity index (χ4v) is 3.85. The van der Waals surface area contributed by atoms with Crippen LogP contribution in [0.4, 0.5) is 5.95 Å². The quantitative estimate of drug-likeness (QED) is 0.429. The summed E-state index contributed by atoms with van der Waals surface area (Å²) in [5.74, 6) is -0.369. The molecule has 0 aliphatic carbocycles. The Balaban J connectivity index is 1.81. The third-order valence-corrected chi connectivity index (χ3v) is 5.25. The summed E-state index contributed by atoms with van der Waals surface area (Å²) in [6.07, 6.45) is -0.779. The van der Waals surface area contributed by atoms with Crippen LogP contribution in [0.2, 0.25) is 0 Å². The Bertz CT molecular complexity index is 1170. The van der Waals surface area contributed by atoms with Gasteiger partial charge in [0.15, 0.2) is 0 Å². The minimum atomic E-state index is -0.967. The molecule has 0 saturated carbocycles. The highest BCUT2D eigenvalue weighted by Crippen LogP contribution is 2.38. The number of aliphatic hydroxyl groups is 2. The van der Waals surface area contributed by atoms with Crippen LogP contribution in [0, 0.1) is 6.92 Å². The molecule has 1 aliphatic rings. The van der Waals surface area contributed by atoms with Crippen molar-refractivity contribution in [1.29, 1.82) is 0 Å². The Morgan fingerprint density at radius 3 is 2.84 bits per heavy atom. The second-order valence-electron chi connectivity index (χ2n) is 7.49. The number of rotatable bonds is 7. The van der Waals surface area contributed by atoms with E-state index in [1.807, 2.05) is 6.92 Å². The number of hydrogen-bond donors (Lipinski definition) is 4. The first kappa shape index (κ1) is 20.8. The van der Waals surface area contributed by atoms with E-state index in [1.165, 1.54) is 12.1 Å². The number of nitrogens with two attached hydrogens (primary N) is 1. The summed E-state index contributed by atoms with van der Waals surface area (Å²) >= 11 is 0. The molecule has 11 nitrogen and oxygen atoms in total. The molecule has 0 radical (unpaired) electrons. The van der Waals surface area contributed by atoms with E-state index >= 15 is 0 Å². The van der Waals surface area contributed by atoms with Crippen LogP contribution in [-0.4, -0.2) is 60.7 Å². The van der Waals surface area contributed by atoms with Crippen molar-refractivity contribution in [2.75, 3.05) is 18.5 Å². The summed E-state index contributed by atoms with van der Waals surface area (Å²) in [7, 11) is 0.